The molecule has 0 aliphatic heterocycles. The lowest BCUT2D eigenvalue weighted by Gasteiger charge is -2.00. The highest BCUT2D eigenvalue weighted by Crippen LogP contribution is 2.60. The Morgan fingerprint density at radius 3 is 1.75 bits per heavy atom. The second-order valence-corrected chi connectivity index (χ2v) is 5.15. The summed E-state index contributed by atoms with van der Waals surface area (Å²) in [4.78, 5) is 12.2. The zero-order chi connectivity index (χ0) is 13.9. The first kappa shape index (κ1) is 12.9. The van der Waals surface area contributed by atoms with Gasteiger partial charge < -0.3 is 4.74 Å². The third kappa shape index (κ3) is 2.34. The van der Waals surface area contributed by atoms with Gasteiger partial charge in [-0.15, -0.1) is 0 Å². The molecule has 1 fully saturated rings. The van der Waals surface area contributed by atoms with Crippen molar-refractivity contribution in [1.82, 2.24) is 0 Å². The molecule has 3 rings (SSSR count). The van der Waals surface area contributed by atoms with Crippen LogP contribution < -0.4 is 0 Å². The summed E-state index contributed by atoms with van der Waals surface area (Å²) >= 11 is 0. The quantitative estimate of drug-likeness (QED) is 0.788. The largest absolute Gasteiger partial charge is 0.466 e. The summed E-state index contributed by atoms with van der Waals surface area (Å²) in [5, 5.41) is 0. The first-order chi connectivity index (χ1) is 9.83. The van der Waals surface area contributed by atoms with Gasteiger partial charge in [0.05, 0.1) is 12.5 Å². The first-order valence-corrected chi connectivity index (χ1v) is 7.09. The van der Waals surface area contributed by atoms with Gasteiger partial charge in [-0.25, -0.2) is 0 Å². The van der Waals surface area contributed by atoms with Crippen LogP contribution >= 0.6 is 0 Å². The normalized spacial score (nSPS) is 24.1. The van der Waals surface area contributed by atoms with E-state index in [1.54, 1.807) is 0 Å². The van der Waals surface area contributed by atoms with Gasteiger partial charge in [0.25, 0.3) is 0 Å². The summed E-state index contributed by atoms with van der Waals surface area (Å²) in [5.41, 5.74) is 2.44. The second kappa shape index (κ2) is 5.49. The van der Waals surface area contributed by atoms with Gasteiger partial charge in [0, 0.05) is 11.8 Å². The Morgan fingerprint density at radius 2 is 1.35 bits per heavy atom. The van der Waals surface area contributed by atoms with Gasteiger partial charge in [0.1, 0.15) is 0 Å². The summed E-state index contributed by atoms with van der Waals surface area (Å²) in [5.74, 6) is 0.380. The lowest BCUT2D eigenvalue weighted by molar-refractivity contribution is -0.144. The fourth-order valence-corrected chi connectivity index (χ4v) is 3.02. The number of carbonyl (C=O) groups excluding carboxylic acids is 1. The van der Waals surface area contributed by atoms with Crippen LogP contribution in [0.15, 0.2) is 60.7 Å². The van der Waals surface area contributed by atoms with Gasteiger partial charge in [-0.2, -0.15) is 0 Å². The van der Waals surface area contributed by atoms with Gasteiger partial charge in [-0.05, 0) is 18.1 Å². The molecule has 2 aromatic carbocycles. The fraction of sp³-hybridized carbons (Fsp3) is 0.278. The van der Waals surface area contributed by atoms with E-state index in [0.29, 0.717) is 6.61 Å². The minimum absolute atomic E-state index is 0.0419. The molecule has 0 aromatic heterocycles. The average Bonchev–Trinajstić information content (AvgIpc) is 3.25. The van der Waals surface area contributed by atoms with Crippen molar-refractivity contribution in [2.24, 2.45) is 5.92 Å². The molecule has 0 heterocycles. The molecule has 2 aromatic rings. The molecule has 1 aliphatic carbocycles. The van der Waals surface area contributed by atoms with Crippen molar-refractivity contribution in [1.29, 1.82) is 0 Å². The minimum atomic E-state index is -0.0739. The molecule has 0 saturated heterocycles. The fourth-order valence-electron chi connectivity index (χ4n) is 3.02. The molecule has 2 nitrogen and oxygen atoms in total. The van der Waals surface area contributed by atoms with Crippen LogP contribution in [-0.2, 0) is 9.53 Å². The average molecular weight is 266 g/mol. The molecule has 3 atom stereocenters. The molecule has 1 aliphatic rings. The Morgan fingerprint density at radius 1 is 0.900 bits per heavy atom. The smallest absolute Gasteiger partial charge is 0.310 e. The summed E-state index contributed by atoms with van der Waals surface area (Å²) < 4.78 is 5.23. The van der Waals surface area contributed by atoms with E-state index in [0.717, 1.165) is 0 Å². The van der Waals surface area contributed by atoms with Crippen LogP contribution in [0.1, 0.15) is 29.9 Å². The molecular weight excluding hydrogens is 248 g/mol. The predicted octanol–water partition coefficient (Wildman–Crippen LogP) is 3.75. The van der Waals surface area contributed by atoms with Crippen molar-refractivity contribution >= 4 is 5.97 Å². The lowest BCUT2D eigenvalue weighted by Crippen LogP contribution is -2.08. The van der Waals surface area contributed by atoms with Crippen molar-refractivity contribution in [3.8, 4) is 0 Å². The van der Waals surface area contributed by atoms with Crippen molar-refractivity contribution in [3.63, 3.8) is 0 Å². The highest BCUT2D eigenvalue weighted by Gasteiger charge is 2.56. The SMILES string of the molecule is CCOC(=O)C1C(c2ccccc2)[C@@H]1c1ccccc1. The van der Waals surface area contributed by atoms with Crippen molar-refractivity contribution in [2.75, 3.05) is 6.61 Å². The lowest BCUT2D eigenvalue weighted by atomic mass is 10.0. The number of rotatable bonds is 4. The van der Waals surface area contributed by atoms with Crippen LogP contribution in [-0.4, -0.2) is 12.6 Å². The number of benzene rings is 2. The van der Waals surface area contributed by atoms with Gasteiger partial charge >= 0.3 is 5.97 Å². The Kier molecular flexibility index (Phi) is 3.55. The highest BCUT2D eigenvalue weighted by molar-refractivity contribution is 5.80. The highest BCUT2D eigenvalue weighted by atomic mass is 16.5. The van der Waals surface area contributed by atoms with Crippen molar-refractivity contribution < 1.29 is 9.53 Å². The third-order valence-corrected chi connectivity index (χ3v) is 3.95. The van der Waals surface area contributed by atoms with Gasteiger partial charge in [0.2, 0.25) is 0 Å². The number of hydrogen-bond donors (Lipinski definition) is 0. The maximum absolute atomic E-state index is 12.2. The van der Waals surface area contributed by atoms with E-state index in [9.17, 15) is 4.79 Å². The standard InChI is InChI=1S/C18H18O2/c1-2-20-18(19)17-15(13-9-5-3-6-10-13)16(17)14-11-7-4-8-12-14/h3-12,15-17H,2H2,1H3/t15-,16?,17?/m0/s1. The van der Waals surface area contributed by atoms with E-state index < -0.39 is 0 Å². The summed E-state index contributed by atoms with van der Waals surface area (Å²) in [7, 11) is 0. The topological polar surface area (TPSA) is 26.3 Å². The van der Waals surface area contributed by atoms with Gasteiger partial charge in [0.15, 0.2) is 0 Å². The van der Waals surface area contributed by atoms with Gasteiger partial charge in [-0.1, -0.05) is 60.7 Å². The van der Waals surface area contributed by atoms with E-state index in [1.165, 1.54) is 11.1 Å². The first-order valence-electron chi connectivity index (χ1n) is 7.09. The van der Waals surface area contributed by atoms with Crippen molar-refractivity contribution in [3.05, 3.63) is 71.8 Å². The summed E-state index contributed by atoms with van der Waals surface area (Å²) in [6.07, 6.45) is 0. The van der Waals surface area contributed by atoms with Crippen LogP contribution in [0.4, 0.5) is 0 Å². The Balaban J connectivity index is 1.89. The summed E-state index contributed by atoms with van der Waals surface area (Å²) in [6.45, 7) is 2.30. The Labute approximate surface area is 119 Å². The molecule has 0 N–H and O–H groups in total. The predicted molar refractivity (Wildman–Crippen MR) is 78.5 cm³/mol. The summed E-state index contributed by atoms with van der Waals surface area (Å²) in [6, 6.07) is 20.5. The maximum atomic E-state index is 12.2. The van der Waals surface area contributed by atoms with Crippen LogP contribution in [0, 0.1) is 5.92 Å². The van der Waals surface area contributed by atoms with Crippen molar-refractivity contribution in [2.45, 2.75) is 18.8 Å². The Hall–Kier alpha value is -2.09. The molecule has 1 saturated carbocycles. The molecule has 2 heteroatoms. The number of carbonyl (C=O) groups is 1. The molecule has 20 heavy (non-hydrogen) atoms. The monoisotopic (exact) mass is 266 g/mol. The molecular formula is C18H18O2. The van der Waals surface area contributed by atoms with Crippen LogP contribution in [0.5, 0.6) is 0 Å². The molecule has 0 amide bonds. The zero-order valence-electron chi connectivity index (χ0n) is 11.5. The van der Waals surface area contributed by atoms with E-state index in [1.807, 2.05) is 43.3 Å². The van der Waals surface area contributed by atoms with E-state index >= 15 is 0 Å². The maximum Gasteiger partial charge on any atom is 0.310 e. The zero-order valence-corrected chi connectivity index (χ0v) is 11.5. The molecule has 0 bridgehead atoms. The minimum Gasteiger partial charge on any atom is -0.466 e. The van der Waals surface area contributed by atoms with Crippen LogP contribution in [0.3, 0.4) is 0 Å². The molecule has 2 unspecified atom stereocenters. The van der Waals surface area contributed by atoms with Gasteiger partial charge in [-0.3, -0.25) is 4.79 Å². The molecule has 0 radical (unpaired) electrons. The molecule has 0 spiro atoms. The van der Waals surface area contributed by atoms with Crippen LogP contribution in [0.2, 0.25) is 0 Å². The molecule has 102 valence electrons. The second-order valence-electron chi connectivity index (χ2n) is 5.15. The number of hydrogen-bond acceptors (Lipinski definition) is 2. The van der Waals surface area contributed by atoms with E-state index in [2.05, 4.69) is 24.3 Å². The number of esters is 1. The van der Waals surface area contributed by atoms with Crippen LogP contribution in [0.25, 0.3) is 0 Å². The van der Waals surface area contributed by atoms with E-state index in [4.69, 9.17) is 4.74 Å². The number of ether oxygens (including phenoxy) is 1. The Bertz CT molecular complexity index is 531. The third-order valence-electron chi connectivity index (χ3n) is 3.95. The van der Waals surface area contributed by atoms with E-state index in [-0.39, 0.29) is 23.7 Å².